The first-order valence-electron chi connectivity index (χ1n) is 13.8. The quantitative estimate of drug-likeness (QED) is 0.356. The molecule has 8 fully saturated rings. The highest BCUT2D eigenvalue weighted by Crippen LogP contribution is 2.77. The van der Waals surface area contributed by atoms with Crippen LogP contribution in [-0.4, -0.2) is 75.6 Å². The van der Waals surface area contributed by atoms with E-state index in [0.717, 1.165) is 0 Å². The van der Waals surface area contributed by atoms with Gasteiger partial charge in [-0.2, -0.15) is 0 Å². The van der Waals surface area contributed by atoms with Crippen molar-refractivity contribution < 1.29 is 48.0 Å². The highest BCUT2D eigenvalue weighted by molar-refractivity contribution is 6.00. The fourth-order valence-corrected chi connectivity index (χ4v) is 10.9. The molecule has 0 amide bonds. The van der Waals surface area contributed by atoms with Crippen LogP contribution in [0.3, 0.4) is 0 Å². The van der Waals surface area contributed by atoms with E-state index in [2.05, 4.69) is 0 Å². The van der Waals surface area contributed by atoms with Gasteiger partial charge < -0.3 is 28.8 Å². The molecule has 5 bridgehead atoms. The number of fused-ring (bicyclic) bond motifs is 4. The number of rotatable bonds is 0. The summed E-state index contributed by atoms with van der Waals surface area (Å²) in [4.78, 5) is 55.6. The van der Waals surface area contributed by atoms with Crippen molar-refractivity contribution in [1.82, 2.24) is 0 Å². The summed E-state index contributed by atoms with van der Waals surface area (Å²) in [6, 6.07) is 0. The number of Topliss-reactive ketones (excluding diaryl/α,β-unsaturated/α-hetero) is 1. The number of epoxide rings is 1. The van der Waals surface area contributed by atoms with Gasteiger partial charge in [-0.05, 0) is 63.4 Å². The minimum Gasteiger partial charge on any atom is -0.458 e. The summed E-state index contributed by atoms with van der Waals surface area (Å²) in [6.45, 7) is 5.27. The Morgan fingerprint density at radius 2 is 1.84 bits per heavy atom. The number of carbonyl (C=O) groups excluding carboxylic acids is 4. The van der Waals surface area contributed by atoms with Gasteiger partial charge in [0.1, 0.15) is 11.7 Å². The highest BCUT2D eigenvalue weighted by Gasteiger charge is 2.94. The number of carbonyl (C=O) groups is 4. The molecule has 38 heavy (non-hydrogen) atoms. The lowest BCUT2D eigenvalue weighted by molar-refractivity contribution is -0.375. The van der Waals surface area contributed by atoms with E-state index < -0.39 is 80.7 Å². The second-order valence-corrected chi connectivity index (χ2v) is 13.8. The van der Waals surface area contributed by atoms with E-state index in [0.29, 0.717) is 12.8 Å². The average molecular weight is 527 g/mol. The van der Waals surface area contributed by atoms with E-state index in [1.165, 1.54) is 0 Å². The molecular formula is C28H30O10. The van der Waals surface area contributed by atoms with Crippen LogP contribution >= 0.6 is 0 Å². The SMILES string of the molecule is CC12OC(=O)[C@@]3(O)CCC4C(C[C@H]5O[C@]56CC=CC(=O)[C@]46C)C45OC[C@H]6C(=O)O[C@@H]1C[C@@]6(C)C(C4=O)C23O5. The van der Waals surface area contributed by atoms with Gasteiger partial charge in [0.05, 0.1) is 30.0 Å². The van der Waals surface area contributed by atoms with Crippen molar-refractivity contribution in [2.75, 3.05) is 6.61 Å². The normalized spacial score (nSPS) is 64.1. The second-order valence-electron chi connectivity index (χ2n) is 13.8. The Balaban J connectivity index is 1.34. The number of ketones is 2. The summed E-state index contributed by atoms with van der Waals surface area (Å²) in [6.07, 6.45) is 3.82. The number of esters is 2. The lowest BCUT2D eigenvalue weighted by Crippen LogP contribution is -2.79. The molecule has 6 unspecified atom stereocenters. The first-order valence-corrected chi connectivity index (χ1v) is 13.8. The molecule has 13 atom stereocenters. The Labute approximate surface area is 218 Å². The molecule has 6 heterocycles. The zero-order valence-electron chi connectivity index (χ0n) is 21.5. The molecule has 3 spiro atoms. The maximum atomic E-state index is 14.9. The highest BCUT2D eigenvalue weighted by atomic mass is 16.8. The summed E-state index contributed by atoms with van der Waals surface area (Å²) in [7, 11) is 0. The van der Waals surface area contributed by atoms with Crippen LogP contribution in [0.2, 0.25) is 0 Å². The van der Waals surface area contributed by atoms with E-state index in [1.54, 1.807) is 13.0 Å². The molecule has 3 aliphatic carbocycles. The van der Waals surface area contributed by atoms with Crippen LogP contribution in [0.4, 0.5) is 0 Å². The topological polar surface area (TPSA) is 138 Å². The first kappa shape index (κ1) is 22.7. The molecule has 202 valence electrons. The van der Waals surface area contributed by atoms with Gasteiger partial charge in [0, 0.05) is 5.92 Å². The van der Waals surface area contributed by atoms with Crippen molar-refractivity contribution >= 4 is 23.5 Å². The Bertz CT molecular complexity index is 1340. The van der Waals surface area contributed by atoms with Gasteiger partial charge in [0.25, 0.3) is 0 Å². The van der Waals surface area contributed by atoms with Crippen LogP contribution in [0.5, 0.6) is 0 Å². The molecule has 0 aromatic carbocycles. The predicted octanol–water partition coefficient (Wildman–Crippen LogP) is 0.768. The molecular weight excluding hydrogens is 496 g/mol. The summed E-state index contributed by atoms with van der Waals surface area (Å²) in [5.41, 5.74) is -8.23. The van der Waals surface area contributed by atoms with Crippen molar-refractivity contribution in [3.8, 4) is 0 Å². The van der Waals surface area contributed by atoms with E-state index >= 15 is 0 Å². The summed E-state index contributed by atoms with van der Waals surface area (Å²) >= 11 is 0. The Kier molecular flexibility index (Phi) is 3.47. The summed E-state index contributed by atoms with van der Waals surface area (Å²) in [5, 5.41) is 12.4. The average Bonchev–Trinajstić information content (AvgIpc) is 3.45. The molecule has 9 rings (SSSR count). The van der Waals surface area contributed by atoms with Gasteiger partial charge in [-0.25, -0.2) is 4.79 Å². The van der Waals surface area contributed by atoms with Crippen molar-refractivity contribution in [1.29, 1.82) is 0 Å². The van der Waals surface area contributed by atoms with E-state index in [4.69, 9.17) is 23.7 Å². The summed E-state index contributed by atoms with van der Waals surface area (Å²) in [5.74, 6) is -6.56. The van der Waals surface area contributed by atoms with Gasteiger partial charge in [-0.15, -0.1) is 0 Å². The van der Waals surface area contributed by atoms with E-state index in [-0.39, 0.29) is 43.5 Å². The van der Waals surface area contributed by atoms with Gasteiger partial charge >= 0.3 is 11.9 Å². The standard InChI is InChI=1S/C28H30O10/c1-22-10-17-24(3)28-18(22)19(30)27(38-28,34-11-14(22)20(31)35-17)13-9-16-26(36-16)7-4-5-15(29)23(26,2)12(13)6-8-25(28,33)21(32)37-24/h4-5,12-14,16-18,33H,6-11H2,1-3H3/t12?,13?,14-,16+,17+,18?,22+,23-,24?,25-,26+,27?,28?/m0/s1. The molecule has 0 aromatic rings. The lowest BCUT2D eigenvalue weighted by Gasteiger charge is -2.63. The Morgan fingerprint density at radius 3 is 2.63 bits per heavy atom. The third-order valence-electron chi connectivity index (χ3n) is 12.9. The molecule has 0 radical (unpaired) electrons. The maximum absolute atomic E-state index is 14.9. The number of hydrogen-bond acceptors (Lipinski definition) is 10. The minimum absolute atomic E-state index is 0.0583. The van der Waals surface area contributed by atoms with Crippen LogP contribution < -0.4 is 0 Å². The van der Waals surface area contributed by atoms with Crippen LogP contribution in [0.1, 0.15) is 52.9 Å². The Morgan fingerprint density at radius 1 is 1.05 bits per heavy atom. The van der Waals surface area contributed by atoms with E-state index in [9.17, 15) is 24.3 Å². The third kappa shape index (κ3) is 1.79. The maximum Gasteiger partial charge on any atom is 0.342 e. The monoisotopic (exact) mass is 526 g/mol. The zero-order chi connectivity index (χ0) is 26.5. The van der Waals surface area contributed by atoms with Crippen LogP contribution in [0, 0.1) is 34.5 Å². The molecule has 6 aliphatic heterocycles. The van der Waals surface area contributed by atoms with Gasteiger partial charge in [0.2, 0.25) is 5.79 Å². The van der Waals surface area contributed by atoms with Crippen molar-refractivity contribution in [3.05, 3.63) is 12.2 Å². The number of ether oxygens (including phenoxy) is 5. The molecule has 1 N–H and O–H groups in total. The predicted molar refractivity (Wildman–Crippen MR) is 122 cm³/mol. The van der Waals surface area contributed by atoms with Gasteiger partial charge in [0.15, 0.2) is 28.4 Å². The fourth-order valence-electron chi connectivity index (χ4n) is 10.9. The lowest BCUT2D eigenvalue weighted by atomic mass is 9.46. The number of hydrogen-bond donors (Lipinski definition) is 1. The molecule has 2 saturated carbocycles. The van der Waals surface area contributed by atoms with Crippen molar-refractivity contribution in [2.24, 2.45) is 34.5 Å². The molecule has 9 aliphatic rings. The largest absolute Gasteiger partial charge is 0.458 e. The molecule has 10 nitrogen and oxygen atoms in total. The van der Waals surface area contributed by atoms with Gasteiger partial charge in [-0.3, -0.25) is 14.4 Å². The first-order chi connectivity index (χ1) is 17.9. The van der Waals surface area contributed by atoms with E-state index in [1.807, 2.05) is 19.9 Å². The van der Waals surface area contributed by atoms with Crippen LogP contribution in [0.25, 0.3) is 0 Å². The molecule has 10 heteroatoms. The van der Waals surface area contributed by atoms with Crippen LogP contribution in [0.15, 0.2) is 12.2 Å². The van der Waals surface area contributed by atoms with Crippen LogP contribution in [-0.2, 0) is 42.9 Å². The zero-order valence-corrected chi connectivity index (χ0v) is 21.5. The minimum atomic E-state index is -2.19. The van der Waals surface area contributed by atoms with Gasteiger partial charge in [-0.1, -0.05) is 13.0 Å². The smallest absolute Gasteiger partial charge is 0.342 e. The number of aliphatic hydroxyl groups is 1. The molecule has 0 aromatic heterocycles. The second kappa shape index (κ2) is 5.82. The molecule has 6 saturated heterocycles. The van der Waals surface area contributed by atoms with Crippen molar-refractivity contribution in [2.45, 2.75) is 93.3 Å². The number of allylic oxidation sites excluding steroid dienone is 1. The summed E-state index contributed by atoms with van der Waals surface area (Å²) < 4.78 is 31.5. The third-order valence-corrected chi connectivity index (χ3v) is 12.9. The Hall–Kier alpha value is -2.14. The van der Waals surface area contributed by atoms with Crippen molar-refractivity contribution in [3.63, 3.8) is 0 Å². The fraction of sp³-hybridized carbons (Fsp3) is 0.786.